The van der Waals surface area contributed by atoms with Crippen molar-refractivity contribution in [3.8, 4) is 0 Å². The summed E-state index contributed by atoms with van der Waals surface area (Å²) in [5.41, 5.74) is 4.50. The first-order valence-corrected chi connectivity index (χ1v) is 0.577. The molecule has 0 aliphatic heterocycles. The molecule has 0 spiro atoms. The highest BCUT2D eigenvalue weighted by atomic mass is 19.0. The Labute approximate surface area is 28.3 Å². The molecule has 0 heterocycles. The van der Waals surface area contributed by atoms with Gasteiger partial charge in [-0.25, -0.2) is 0 Å². The zero-order valence-electron chi connectivity index (χ0n) is 2.80. The number of rotatable bonds is 0. The largest absolute Gasteiger partial charge is 0.333 e. The van der Waals surface area contributed by atoms with Crippen molar-refractivity contribution in [1.82, 2.24) is 0 Å². The molecule has 0 amide bonds. The quantitative estimate of drug-likeness (QED) is 0.447. The molecule has 1 nitrogen and oxygen atoms in total. The van der Waals surface area contributed by atoms with E-state index in [9.17, 15) is 0 Å². The van der Waals surface area contributed by atoms with Crippen LogP contribution < -0.4 is 5.73 Å². The first-order chi connectivity index (χ1) is 1.00. The Hall–Kier alpha value is -0.250. The number of halogens is 3. The Bertz CT molecular complexity index is 6.85. The molecule has 0 aromatic carbocycles. The molecule has 0 aliphatic rings. The van der Waals surface area contributed by atoms with Gasteiger partial charge in [-0.05, 0) is 7.05 Å². The zero-order valence-corrected chi connectivity index (χ0v) is 2.80. The Morgan fingerprint density at radius 1 is 0.800 bits per heavy atom. The summed E-state index contributed by atoms with van der Waals surface area (Å²) in [5.74, 6) is 0. The van der Waals surface area contributed by atoms with Crippen LogP contribution in [-0.2, 0) is 0 Å². The van der Waals surface area contributed by atoms with E-state index in [1.807, 2.05) is 0 Å². The van der Waals surface area contributed by atoms with E-state index in [2.05, 4.69) is 5.73 Å². The smallest absolute Gasteiger partial charge is 0.0195 e. The van der Waals surface area contributed by atoms with Crippen molar-refractivity contribution in [2.75, 3.05) is 7.05 Å². The van der Waals surface area contributed by atoms with Crippen LogP contribution in [0.2, 0.25) is 0 Å². The summed E-state index contributed by atoms with van der Waals surface area (Å²) in [6.07, 6.45) is 0. The Kier molecular flexibility index (Phi) is 10800. The van der Waals surface area contributed by atoms with E-state index in [-0.39, 0.29) is 14.1 Å². The van der Waals surface area contributed by atoms with Gasteiger partial charge in [-0.1, -0.05) is 0 Å². The van der Waals surface area contributed by atoms with Crippen molar-refractivity contribution in [1.29, 1.82) is 0 Å². The summed E-state index contributed by atoms with van der Waals surface area (Å²) < 4.78 is 0. The number of hydrogen-bond acceptors (Lipinski definition) is 1. The van der Waals surface area contributed by atoms with E-state index < -0.39 is 0 Å². The molecule has 0 aliphatic carbocycles. The van der Waals surface area contributed by atoms with Crippen molar-refractivity contribution in [2.45, 2.75) is 0 Å². The van der Waals surface area contributed by atoms with Gasteiger partial charge in [-0.2, -0.15) is 0 Å². The molecule has 0 aromatic heterocycles. The third-order valence-corrected chi connectivity index (χ3v) is 0. The lowest BCUT2D eigenvalue weighted by molar-refractivity contribution is 1.11. The summed E-state index contributed by atoms with van der Waals surface area (Å²) in [4.78, 5) is 0. The molecule has 0 bridgehead atoms. The van der Waals surface area contributed by atoms with Crippen LogP contribution in [0, 0.1) is 0 Å². The molecule has 0 rings (SSSR count). The fourth-order valence-electron chi connectivity index (χ4n) is 0. The van der Waals surface area contributed by atoms with Gasteiger partial charge in [0.25, 0.3) is 0 Å². The van der Waals surface area contributed by atoms with Crippen LogP contribution in [0.4, 0.5) is 14.1 Å². The fourth-order valence-corrected chi connectivity index (χ4v) is 0. The first-order valence-electron chi connectivity index (χ1n) is 0.577. The molecule has 0 unspecified atom stereocenters. The lowest BCUT2D eigenvalue weighted by Crippen LogP contribution is -1.69. The predicted octanol–water partition coefficient (Wildman–Crippen LogP) is 0.0324. The standard InChI is InChI=1S/CH5N.3FH/c1-2;;;/h2H2,1H3;3*1H. The van der Waals surface area contributed by atoms with Crippen molar-refractivity contribution in [2.24, 2.45) is 5.73 Å². The molecule has 4 heteroatoms. The maximum absolute atomic E-state index is 4.50. The average Bonchev–Trinajstić information content (AvgIpc) is 1.00. The van der Waals surface area contributed by atoms with Gasteiger partial charge < -0.3 is 5.73 Å². The van der Waals surface area contributed by atoms with Crippen LogP contribution >= 0.6 is 0 Å². The molecule has 0 saturated heterocycles. The van der Waals surface area contributed by atoms with Crippen LogP contribution in [0.1, 0.15) is 0 Å². The van der Waals surface area contributed by atoms with Gasteiger partial charge >= 0.3 is 0 Å². The molecule has 0 radical (unpaired) electrons. The average molecular weight is 91.1 g/mol. The van der Waals surface area contributed by atoms with Crippen molar-refractivity contribution >= 4 is 0 Å². The lowest BCUT2D eigenvalue weighted by atomic mass is 11.6. The zero-order chi connectivity index (χ0) is 2.00. The maximum atomic E-state index is 4.50. The predicted molar refractivity (Wildman–Crippen MR) is 17.6 cm³/mol. The van der Waals surface area contributed by atoms with Gasteiger partial charge in [0.2, 0.25) is 0 Å². The van der Waals surface area contributed by atoms with Crippen molar-refractivity contribution < 1.29 is 14.1 Å². The van der Waals surface area contributed by atoms with E-state index in [0.717, 1.165) is 0 Å². The summed E-state index contributed by atoms with van der Waals surface area (Å²) in [7, 11) is 1.50. The molecule has 0 atom stereocenters. The second-order valence-corrected chi connectivity index (χ2v) is 0. The van der Waals surface area contributed by atoms with Crippen molar-refractivity contribution in [3.05, 3.63) is 0 Å². The second-order valence-electron chi connectivity index (χ2n) is 0. The Morgan fingerprint density at radius 2 is 0.800 bits per heavy atom. The minimum absolute atomic E-state index is 0. The van der Waals surface area contributed by atoms with Crippen molar-refractivity contribution in [3.63, 3.8) is 0 Å². The molecule has 2 N–H and O–H groups in total. The third-order valence-electron chi connectivity index (χ3n) is 0. The van der Waals surface area contributed by atoms with E-state index in [4.69, 9.17) is 0 Å². The molecular weight excluding hydrogens is 83.0 g/mol. The van der Waals surface area contributed by atoms with Gasteiger partial charge in [0.05, 0.1) is 0 Å². The van der Waals surface area contributed by atoms with E-state index in [1.54, 1.807) is 0 Å². The first kappa shape index (κ1) is 119. The van der Waals surface area contributed by atoms with Gasteiger partial charge in [0.15, 0.2) is 0 Å². The summed E-state index contributed by atoms with van der Waals surface area (Å²) in [5, 5.41) is 0. The molecule has 0 saturated carbocycles. The minimum Gasteiger partial charge on any atom is -0.333 e. The van der Waals surface area contributed by atoms with Gasteiger partial charge in [0.1, 0.15) is 0 Å². The SMILES string of the molecule is CN.F.F.F. The van der Waals surface area contributed by atoms with Gasteiger partial charge in [0, 0.05) is 0 Å². The highest BCUT2D eigenvalue weighted by Crippen LogP contribution is 0.469. The summed E-state index contributed by atoms with van der Waals surface area (Å²) in [6, 6.07) is 0. The second kappa shape index (κ2) is 454. The number of hydrogen-bond donors (Lipinski definition) is 1. The summed E-state index contributed by atoms with van der Waals surface area (Å²) >= 11 is 0. The number of nitrogens with two attached hydrogens (primary N) is 1. The lowest BCUT2D eigenvalue weighted by Gasteiger charge is -1.19. The summed E-state index contributed by atoms with van der Waals surface area (Å²) in [6.45, 7) is 0. The molecule has 38 valence electrons. The van der Waals surface area contributed by atoms with Crippen LogP contribution in [-0.4, -0.2) is 7.05 Å². The highest BCUT2D eigenvalue weighted by molar-refractivity contribution is 3.54. The maximum Gasteiger partial charge on any atom is -0.0195 e. The Balaban J connectivity index is -0.00000000167. The normalized spacial score (nSPS) is 1.20. The van der Waals surface area contributed by atoms with Crippen LogP contribution in [0.5, 0.6) is 0 Å². The van der Waals surface area contributed by atoms with Crippen LogP contribution in [0.3, 0.4) is 0 Å². The molecule has 5 heavy (non-hydrogen) atoms. The Morgan fingerprint density at radius 3 is 0.800 bits per heavy atom. The van der Waals surface area contributed by atoms with Gasteiger partial charge in [-0.15, -0.1) is 0 Å². The molecule has 0 fully saturated rings. The highest BCUT2D eigenvalue weighted by Gasteiger charge is 0.836. The molecular formula is CH8F3N. The van der Waals surface area contributed by atoms with E-state index in [1.165, 1.54) is 7.05 Å². The molecule has 0 aromatic rings. The monoisotopic (exact) mass is 91.1 g/mol. The third kappa shape index (κ3) is 184. The van der Waals surface area contributed by atoms with Crippen LogP contribution in [0.25, 0.3) is 0 Å². The van der Waals surface area contributed by atoms with E-state index in [0.29, 0.717) is 0 Å². The minimum atomic E-state index is 0. The van der Waals surface area contributed by atoms with E-state index >= 15 is 0 Å². The van der Waals surface area contributed by atoms with Crippen LogP contribution in [0.15, 0.2) is 0 Å². The fraction of sp³-hybridized carbons (Fsp3) is 1.00. The van der Waals surface area contributed by atoms with Gasteiger partial charge in [-0.3, -0.25) is 14.1 Å². The topological polar surface area (TPSA) is 26.0 Å².